The van der Waals surface area contributed by atoms with Gasteiger partial charge in [0.2, 0.25) is 0 Å². The van der Waals surface area contributed by atoms with Gasteiger partial charge in [0.05, 0.1) is 5.69 Å². The molecule has 0 fully saturated rings. The Labute approximate surface area is 312 Å². The van der Waals surface area contributed by atoms with Crippen LogP contribution in [-0.2, 0) is 6.42 Å². The lowest BCUT2D eigenvalue weighted by Crippen LogP contribution is -2.16. The van der Waals surface area contributed by atoms with Crippen LogP contribution in [0, 0.1) is 0 Å². The minimum Gasteiger partial charge on any atom is -0.311 e. The lowest BCUT2D eigenvalue weighted by atomic mass is 9.95. The first-order chi connectivity index (χ1) is 25.6. The highest BCUT2D eigenvalue weighted by molar-refractivity contribution is 7.80. The van der Waals surface area contributed by atoms with E-state index in [0.29, 0.717) is 0 Å². The van der Waals surface area contributed by atoms with Gasteiger partial charge in [0.1, 0.15) is 0 Å². The van der Waals surface area contributed by atoms with E-state index in [1.807, 2.05) is 12.1 Å². The maximum absolute atomic E-state index is 4.75. The lowest BCUT2D eigenvalue weighted by Gasteiger charge is -2.28. The van der Waals surface area contributed by atoms with Crippen LogP contribution in [0.15, 0.2) is 217 Å². The van der Waals surface area contributed by atoms with Crippen LogP contribution >= 0.6 is 12.6 Å². The summed E-state index contributed by atoms with van der Waals surface area (Å²) in [5.74, 6) is 0. The molecule has 1 aliphatic rings. The smallest absolute Gasteiger partial charge is 0.0540 e. The van der Waals surface area contributed by atoms with Crippen molar-refractivity contribution in [3.63, 3.8) is 0 Å². The van der Waals surface area contributed by atoms with E-state index >= 15 is 0 Å². The highest BCUT2D eigenvalue weighted by Crippen LogP contribution is 2.42. The molecule has 0 atom stereocenters. The molecule has 3 heteroatoms. The molecule has 0 aromatic heterocycles. The molecule has 0 radical (unpaired) electrons. The van der Waals surface area contributed by atoms with Crippen LogP contribution in [0.5, 0.6) is 0 Å². The molecule has 250 valence electrons. The number of rotatable bonds is 7. The molecule has 7 aromatic rings. The van der Waals surface area contributed by atoms with Crippen LogP contribution in [-0.4, -0.2) is 0 Å². The fraction of sp³-hybridized carbons (Fsp3) is 0.0204. The molecule has 52 heavy (non-hydrogen) atoms. The van der Waals surface area contributed by atoms with E-state index in [9.17, 15) is 0 Å². The van der Waals surface area contributed by atoms with Crippen molar-refractivity contribution in [2.45, 2.75) is 11.3 Å². The molecule has 0 saturated carbocycles. The SMILES string of the molecule is C=C1/C=C\C=C/Cc2cc(-c3cccc(-c4ccccc4N(c4ccccc4)c4ccccc4)c3)ccc2N1c1cccc(-c2ccccc2S)c1. The highest BCUT2D eigenvalue weighted by Gasteiger charge is 2.20. The molecule has 0 unspecified atom stereocenters. The second kappa shape index (κ2) is 14.9. The van der Waals surface area contributed by atoms with E-state index < -0.39 is 0 Å². The quantitative estimate of drug-likeness (QED) is 0.167. The molecule has 2 nitrogen and oxygen atoms in total. The third-order valence-electron chi connectivity index (χ3n) is 9.48. The molecule has 1 aliphatic heterocycles. The summed E-state index contributed by atoms with van der Waals surface area (Å²) in [5, 5.41) is 0. The summed E-state index contributed by atoms with van der Waals surface area (Å²) in [7, 11) is 0. The Morgan fingerprint density at radius 2 is 1.13 bits per heavy atom. The summed E-state index contributed by atoms with van der Waals surface area (Å²) in [6.45, 7) is 4.51. The van der Waals surface area contributed by atoms with Crippen LogP contribution in [0.25, 0.3) is 33.4 Å². The first kappa shape index (κ1) is 32.9. The molecule has 0 saturated heterocycles. The van der Waals surface area contributed by atoms with Crippen molar-refractivity contribution in [1.82, 2.24) is 0 Å². The number of allylic oxidation sites excluding steroid dienone is 4. The maximum Gasteiger partial charge on any atom is 0.0540 e. The zero-order chi connectivity index (χ0) is 35.3. The average molecular weight is 687 g/mol. The van der Waals surface area contributed by atoms with E-state index in [1.54, 1.807) is 0 Å². The molecular weight excluding hydrogens is 649 g/mol. The number of hydrogen-bond acceptors (Lipinski definition) is 3. The molecule has 1 heterocycles. The number of nitrogens with zero attached hydrogens (tertiary/aromatic N) is 2. The summed E-state index contributed by atoms with van der Waals surface area (Å²) in [6.07, 6.45) is 9.28. The predicted molar refractivity (Wildman–Crippen MR) is 224 cm³/mol. The molecule has 7 aromatic carbocycles. The molecule has 0 aliphatic carbocycles. The normalized spacial score (nSPS) is 13.7. The van der Waals surface area contributed by atoms with Crippen LogP contribution in [0.4, 0.5) is 28.4 Å². The van der Waals surface area contributed by atoms with Gasteiger partial charge in [-0.15, -0.1) is 12.6 Å². The monoisotopic (exact) mass is 686 g/mol. The second-order valence-electron chi connectivity index (χ2n) is 12.8. The van der Waals surface area contributed by atoms with Gasteiger partial charge in [-0.2, -0.15) is 0 Å². The van der Waals surface area contributed by atoms with Crippen molar-refractivity contribution in [2.75, 3.05) is 9.80 Å². The molecule has 8 rings (SSSR count). The van der Waals surface area contributed by atoms with E-state index in [4.69, 9.17) is 12.6 Å². The van der Waals surface area contributed by atoms with E-state index in [-0.39, 0.29) is 0 Å². The van der Waals surface area contributed by atoms with Crippen LogP contribution < -0.4 is 9.80 Å². The zero-order valence-electron chi connectivity index (χ0n) is 28.8. The number of anilines is 5. The van der Waals surface area contributed by atoms with Gasteiger partial charge in [0.25, 0.3) is 0 Å². The number of thiol groups is 1. The third kappa shape index (κ3) is 6.75. The van der Waals surface area contributed by atoms with Gasteiger partial charge in [-0.3, -0.25) is 0 Å². The highest BCUT2D eigenvalue weighted by atomic mass is 32.1. The standard InChI is InChI=1S/C49H38N2S/c1-36-17-5-2-6-18-41-34-38(31-32-47(41)50(36)44-26-16-21-40(35-44)46-28-12-14-30-49(46)52)37-19-15-20-39(33-37)45-27-11-13-29-48(45)51(42-22-7-3-8-23-42)43-24-9-4-10-25-43/h2-17,19-35,52H,1,18H2/b6-2-,17-5-. The summed E-state index contributed by atoms with van der Waals surface area (Å²) < 4.78 is 0. The Kier molecular flexibility index (Phi) is 9.43. The van der Waals surface area contributed by atoms with Gasteiger partial charge in [0.15, 0.2) is 0 Å². The van der Waals surface area contributed by atoms with Gasteiger partial charge in [0, 0.05) is 38.9 Å². The minimum absolute atomic E-state index is 0.794. The molecular formula is C49H38N2S. The van der Waals surface area contributed by atoms with E-state index in [1.165, 1.54) is 22.3 Å². The van der Waals surface area contributed by atoms with Crippen molar-refractivity contribution in [3.05, 3.63) is 218 Å². The first-order valence-corrected chi connectivity index (χ1v) is 18.0. The third-order valence-corrected chi connectivity index (χ3v) is 9.87. The lowest BCUT2D eigenvalue weighted by molar-refractivity contribution is 1.17. The van der Waals surface area contributed by atoms with Crippen molar-refractivity contribution in [1.29, 1.82) is 0 Å². The fourth-order valence-corrected chi connectivity index (χ4v) is 7.30. The second-order valence-corrected chi connectivity index (χ2v) is 13.3. The van der Waals surface area contributed by atoms with Crippen LogP contribution in [0.1, 0.15) is 5.56 Å². The van der Waals surface area contributed by atoms with Gasteiger partial charge in [-0.05, 0) is 113 Å². The van der Waals surface area contributed by atoms with Gasteiger partial charge in [-0.1, -0.05) is 134 Å². The molecule has 0 amide bonds. The first-order valence-electron chi connectivity index (χ1n) is 17.6. The van der Waals surface area contributed by atoms with Crippen molar-refractivity contribution < 1.29 is 0 Å². The Hall–Kier alpha value is -6.29. The summed E-state index contributed by atoms with van der Waals surface area (Å²) in [5.41, 5.74) is 14.5. The number of para-hydroxylation sites is 3. The van der Waals surface area contributed by atoms with Gasteiger partial charge < -0.3 is 9.80 Å². The summed E-state index contributed by atoms with van der Waals surface area (Å²) >= 11 is 4.75. The van der Waals surface area contributed by atoms with Crippen molar-refractivity contribution in [3.8, 4) is 33.4 Å². The Morgan fingerprint density at radius 3 is 1.88 bits per heavy atom. The molecule has 0 bridgehead atoms. The van der Waals surface area contributed by atoms with E-state index in [0.717, 1.165) is 62.1 Å². The van der Waals surface area contributed by atoms with Crippen LogP contribution in [0.3, 0.4) is 0 Å². The number of fused-ring (bicyclic) bond motifs is 1. The van der Waals surface area contributed by atoms with E-state index in [2.05, 4.69) is 204 Å². The van der Waals surface area contributed by atoms with Crippen molar-refractivity contribution in [2.24, 2.45) is 0 Å². The zero-order valence-corrected chi connectivity index (χ0v) is 29.7. The predicted octanol–water partition coefficient (Wildman–Crippen LogP) is 13.8. The topological polar surface area (TPSA) is 6.48 Å². The Morgan fingerprint density at radius 1 is 0.519 bits per heavy atom. The van der Waals surface area contributed by atoms with Crippen molar-refractivity contribution >= 4 is 41.1 Å². The Bertz CT molecular complexity index is 2390. The Balaban J connectivity index is 1.20. The number of hydrogen-bond donors (Lipinski definition) is 1. The number of benzene rings is 7. The average Bonchev–Trinajstić information content (AvgIpc) is 3.27. The van der Waals surface area contributed by atoms with Gasteiger partial charge >= 0.3 is 0 Å². The van der Waals surface area contributed by atoms with Crippen LogP contribution in [0.2, 0.25) is 0 Å². The summed E-state index contributed by atoms with van der Waals surface area (Å²) in [4.78, 5) is 5.55. The van der Waals surface area contributed by atoms with Gasteiger partial charge in [-0.25, -0.2) is 0 Å². The fourth-order valence-electron chi connectivity index (χ4n) is 7.01. The molecule has 0 spiro atoms. The largest absolute Gasteiger partial charge is 0.311 e. The summed E-state index contributed by atoms with van der Waals surface area (Å²) in [6, 6.07) is 62.4. The minimum atomic E-state index is 0.794. The maximum atomic E-state index is 4.75. The molecule has 0 N–H and O–H groups in total.